The first-order chi connectivity index (χ1) is 10.1. The summed E-state index contributed by atoms with van der Waals surface area (Å²) in [6.07, 6.45) is 6.95. The van der Waals surface area contributed by atoms with E-state index < -0.39 is 0 Å². The van der Waals surface area contributed by atoms with Gasteiger partial charge in [-0.25, -0.2) is 0 Å². The molecule has 1 saturated carbocycles. The highest BCUT2D eigenvalue weighted by Crippen LogP contribution is 2.26. The van der Waals surface area contributed by atoms with E-state index >= 15 is 0 Å². The molecule has 0 radical (unpaired) electrons. The van der Waals surface area contributed by atoms with Crippen LogP contribution < -0.4 is 5.32 Å². The van der Waals surface area contributed by atoms with Crippen LogP contribution in [0.1, 0.15) is 45.4 Å². The summed E-state index contributed by atoms with van der Waals surface area (Å²) in [5.74, 6) is 1.60. The van der Waals surface area contributed by atoms with Gasteiger partial charge in [-0.15, -0.1) is 24.0 Å². The van der Waals surface area contributed by atoms with Gasteiger partial charge in [0.2, 0.25) is 5.91 Å². The highest BCUT2D eigenvalue weighted by atomic mass is 127. The molecule has 1 unspecified atom stereocenters. The number of carbonyl (C=O) groups excluding carboxylic acids is 1. The SMILES string of the molecule is CCN=C(NC1CCN(C(=O)C2CCCCC2)C1)N(C)C.I. The molecule has 1 saturated heterocycles. The van der Waals surface area contributed by atoms with Gasteiger partial charge in [0, 0.05) is 45.7 Å². The lowest BCUT2D eigenvalue weighted by atomic mass is 9.88. The molecule has 5 nitrogen and oxygen atoms in total. The molecule has 2 fully saturated rings. The van der Waals surface area contributed by atoms with Gasteiger partial charge in [-0.1, -0.05) is 19.3 Å². The van der Waals surface area contributed by atoms with Gasteiger partial charge >= 0.3 is 0 Å². The maximum absolute atomic E-state index is 12.5. The number of halogens is 1. The van der Waals surface area contributed by atoms with Crippen LogP contribution >= 0.6 is 24.0 Å². The Morgan fingerprint density at radius 3 is 2.50 bits per heavy atom. The number of guanidine groups is 1. The van der Waals surface area contributed by atoms with Gasteiger partial charge in [0.1, 0.15) is 0 Å². The number of likely N-dealkylation sites (tertiary alicyclic amines) is 1. The van der Waals surface area contributed by atoms with Crippen molar-refractivity contribution in [3.05, 3.63) is 0 Å². The summed E-state index contributed by atoms with van der Waals surface area (Å²) >= 11 is 0. The van der Waals surface area contributed by atoms with E-state index in [1.807, 2.05) is 25.9 Å². The molecule has 0 bridgehead atoms. The van der Waals surface area contributed by atoms with Crippen LogP contribution in [0.15, 0.2) is 4.99 Å². The fourth-order valence-electron chi connectivity index (χ4n) is 3.33. The molecule has 2 rings (SSSR count). The molecule has 1 aliphatic heterocycles. The van der Waals surface area contributed by atoms with E-state index in [9.17, 15) is 4.79 Å². The molecule has 128 valence electrons. The molecule has 1 atom stereocenters. The average Bonchev–Trinajstić information content (AvgIpc) is 2.95. The average molecular weight is 422 g/mol. The van der Waals surface area contributed by atoms with Crippen molar-refractivity contribution in [2.75, 3.05) is 33.7 Å². The van der Waals surface area contributed by atoms with Gasteiger partial charge in [-0.2, -0.15) is 0 Å². The summed E-state index contributed by atoms with van der Waals surface area (Å²) in [5, 5.41) is 3.49. The quantitative estimate of drug-likeness (QED) is 0.432. The van der Waals surface area contributed by atoms with Gasteiger partial charge in [0.25, 0.3) is 0 Å². The van der Waals surface area contributed by atoms with Crippen molar-refractivity contribution in [2.45, 2.75) is 51.5 Å². The van der Waals surface area contributed by atoms with Crippen LogP contribution in [-0.4, -0.2) is 61.4 Å². The standard InChI is InChI=1S/C16H30N4O.HI/c1-4-17-16(19(2)3)18-14-10-11-20(12-14)15(21)13-8-6-5-7-9-13;/h13-14H,4-12H2,1-3H3,(H,17,18);1H. The summed E-state index contributed by atoms with van der Waals surface area (Å²) in [7, 11) is 4.00. The molecule has 2 aliphatic rings. The topological polar surface area (TPSA) is 47.9 Å². The van der Waals surface area contributed by atoms with E-state index in [0.29, 0.717) is 11.9 Å². The molecule has 0 spiro atoms. The fraction of sp³-hybridized carbons (Fsp3) is 0.875. The van der Waals surface area contributed by atoms with E-state index in [1.54, 1.807) is 0 Å². The van der Waals surface area contributed by atoms with E-state index in [4.69, 9.17) is 0 Å². The summed E-state index contributed by atoms with van der Waals surface area (Å²) in [5.41, 5.74) is 0. The molecular weight excluding hydrogens is 391 g/mol. The van der Waals surface area contributed by atoms with Crippen LogP contribution in [0.3, 0.4) is 0 Å². The third-order valence-electron chi connectivity index (χ3n) is 4.52. The smallest absolute Gasteiger partial charge is 0.225 e. The molecule has 1 N–H and O–H groups in total. The summed E-state index contributed by atoms with van der Waals surface area (Å²) in [6.45, 7) is 4.53. The Hall–Kier alpha value is -0.530. The molecular formula is C16H31IN4O. The van der Waals surface area contributed by atoms with Crippen molar-refractivity contribution >= 4 is 35.8 Å². The van der Waals surface area contributed by atoms with E-state index in [-0.39, 0.29) is 29.9 Å². The second-order valence-corrected chi connectivity index (χ2v) is 6.44. The predicted octanol–water partition coefficient (Wildman–Crippen LogP) is 2.31. The Labute approximate surface area is 151 Å². The molecule has 1 aliphatic carbocycles. The zero-order chi connectivity index (χ0) is 15.2. The van der Waals surface area contributed by atoms with Crippen molar-refractivity contribution in [3.8, 4) is 0 Å². The number of rotatable bonds is 3. The largest absolute Gasteiger partial charge is 0.352 e. The van der Waals surface area contributed by atoms with Crippen LogP contribution in [0.5, 0.6) is 0 Å². The minimum absolute atomic E-state index is 0. The van der Waals surface area contributed by atoms with Crippen molar-refractivity contribution < 1.29 is 4.79 Å². The highest BCUT2D eigenvalue weighted by Gasteiger charge is 2.31. The van der Waals surface area contributed by atoms with E-state index in [2.05, 4.69) is 15.2 Å². The van der Waals surface area contributed by atoms with Crippen molar-refractivity contribution in [1.82, 2.24) is 15.1 Å². The number of amides is 1. The lowest BCUT2D eigenvalue weighted by molar-refractivity contribution is -0.135. The van der Waals surface area contributed by atoms with Crippen LogP contribution in [0.4, 0.5) is 0 Å². The number of hydrogen-bond acceptors (Lipinski definition) is 2. The van der Waals surface area contributed by atoms with Crippen LogP contribution in [-0.2, 0) is 4.79 Å². The van der Waals surface area contributed by atoms with Gasteiger partial charge in [0.15, 0.2) is 5.96 Å². The summed E-state index contributed by atoms with van der Waals surface area (Å²) in [6, 6.07) is 0.338. The van der Waals surface area contributed by atoms with Gasteiger partial charge < -0.3 is 15.1 Å². The molecule has 22 heavy (non-hydrogen) atoms. The first-order valence-corrected chi connectivity index (χ1v) is 8.39. The Kier molecular flexibility index (Phi) is 8.49. The Balaban J connectivity index is 0.00000242. The minimum atomic E-state index is 0. The summed E-state index contributed by atoms with van der Waals surface area (Å²) < 4.78 is 0. The lowest BCUT2D eigenvalue weighted by Crippen LogP contribution is -2.45. The number of aliphatic imine (C=N–C) groups is 1. The first-order valence-electron chi connectivity index (χ1n) is 8.39. The second-order valence-electron chi connectivity index (χ2n) is 6.44. The lowest BCUT2D eigenvalue weighted by Gasteiger charge is -2.27. The van der Waals surface area contributed by atoms with E-state index in [0.717, 1.165) is 44.9 Å². The number of nitrogens with zero attached hydrogens (tertiary/aromatic N) is 3. The molecule has 6 heteroatoms. The van der Waals surface area contributed by atoms with Crippen molar-refractivity contribution in [2.24, 2.45) is 10.9 Å². The van der Waals surface area contributed by atoms with Crippen molar-refractivity contribution in [1.29, 1.82) is 0 Å². The third kappa shape index (κ3) is 5.28. The zero-order valence-corrected chi connectivity index (χ0v) is 16.5. The summed E-state index contributed by atoms with van der Waals surface area (Å²) in [4.78, 5) is 21.1. The van der Waals surface area contributed by atoms with E-state index in [1.165, 1.54) is 19.3 Å². The van der Waals surface area contributed by atoms with Crippen LogP contribution in [0.25, 0.3) is 0 Å². The Morgan fingerprint density at radius 2 is 1.91 bits per heavy atom. The Morgan fingerprint density at radius 1 is 1.23 bits per heavy atom. The second kappa shape index (κ2) is 9.57. The first kappa shape index (κ1) is 19.5. The van der Waals surface area contributed by atoms with Crippen LogP contribution in [0, 0.1) is 5.92 Å². The van der Waals surface area contributed by atoms with Gasteiger partial charge in [-0.3, -0.25) is 9.79 Å². The minimum Gasteiger partial charge on any atom is -0.352 e. The Bertz CT molecular complexity index is 380. The number of carbonyl (C=O) groups is 1. The van der Waals surface area contributed by atoms with Crippen LogP contribution in [0.2, 0.25) is 0 Å². The number of nitrogens with one attached hydrogen (secondary N) is 1. The maximum atomic E-state index is 12.5. The predicted molar refractivity (Wildman–Crippen MR) is 102 cm³/mol. The molecule has 1 heterocycles. The molecule has 1 amide bonds. The molecule has 0 aromatic heterocycles. The van der Waals surface area contributed by atoms with Crippen molar-refractivity contribution in [3.63, 3.8) is 0 Å². The highest BCUT2D eigenvalue weighted by molar-refractivity contribution is 14.0. The monoisotopic (exact) mass is 422 g/mol. The van der Waals surface area contributed by atoms with Gasteiger partial charge in [-0.05, 0) is 26.2 Å². The van der Waals surface area contributed by atoms with Gasteiger partial charge in [0.05, 0.1) is 0 Å². The third-order valence-corrected chi connectivity index (χ3v) is 4.52. The molecule has 0 aromatic rings. The zero-order valence-electron chi connectivity index (χ0n) is 14.2. The molecule has 0 aromatic carbocycles. The normalized spacial score (nSPS) is 23.1. The maximum Gasteiger partial charge on any atom is 0.225 e. The number of hydrogen-bond donors (Lipinski definition) is 1. The fourth-order valence-corrected chi connectivity index (χ4v) is 3.33.